The van der Waals surface area contributed by atoms with Gasteiger partial charge in [0, 0.05) is 6.54 Å². The lowest BCUT2D eigenvalue weighted by Crippen LogP contribution is -2.49. The number of carbonyl (C=O) groups excluding carboxylic acids is 2. The van der Waals surface area contributed by atoms with Gasteiger partial charge < -0.3 is 16.0 Å². The largest absolute Gasteiger partial charge is 0.368 e. The molecule has 3 N–H and O–H groups in total. The number of hydrogen-bond donors (Lipinski definition) is 2. The number of nitrogens with one attached hydrogen (secondary N) is 1. The third-order valence-electron chi connectivity index (χ3n) is 3.15. The Morgan fingerprint density at radius 1 is 1.29 bits per heavy atom. The van der Waals surface area contributed by atoms with Crippen LogP contribution < -0.4 is 11.1 Å². The first-order valence-electron chi connectivity index (χ1n) is 6.45. The van der Waals surface area contributed by atoms with Crippen molar-refractivity contribution in [2.75, 3.05) is 19.6 Å². The van der Waals surface area contributed by atoms with E-state index in [0.29, 0.717) is 6.54 Å². The minimum Gasteiger partial charge on any atom is -0.368 e. The standard InChI is InChI=1S/C12H23N3O2/c1-2-15(9-11(13)16)12(17)10-7-5-3-4-6-8-14-10/h10,14H,2-9H2,1H3,(H2,13,16). The molecule has 0 aliphatic carbocycles. The minimum atomic E-state index is -0.453. The van der Waals surface area contributed by atoms with E-state index in [0.717, 1.165) is 25.8 Å². The Kier molecular flexibility index (Phi) is 5.97. The molecular formula is C12H23N3O2. The van der Waals surface area contributed by atoms with Crippen molar-refractivity contribution in [3.63, 3.8) is 0 Å². The lowest BCUT2D eigenvalue weighted by molar-refractivity contribution is -0.137. The highest BCUT2D eigenvalue weighted by molar-refractivity contribution is 5.86. The van der Waals surface area contributed by atoms with Crippen molar-refractivity contribution in [3.05, 3.63) is 0 Å². The molecule has 0 saturated carbocycles. The summed E-state index contributed by atoms with van der Waals surface area (Å²) in [5, 5.41) is 3.27. The summed E-state index contributed by atoms with van der Waals surface area (Å²) < 4.78 is 0. The average Bonchev–Trinajstić information content (AvgIpc) is 2.24. The summed E-state index contributed by atoms with van der Waals surface area (Å²) in [4.78, 5) is 24.6. The number of rotatable bonds is 4. The molecule has 5 heteroatoms. The zero-order valence-corrected chi connectivity index (χ0v) is 10.6. The number of hydrogen-bond acceptors (Lipinski definition) is 3. The maximum absolute atomic E-state index is 12.2. The Bertz CT molecular complexity index is 260. The first kappa shape index (κ1) is 14.0. The quantitative estimate of drug-likeness (QED) is 0.740. The van der Waals surface area contributed by atoms with Crippen LogP contribution in [0.2, 0.25) is 0 Å². The van der Waals surface area contributed by atoms with Gasteiger partial charge in [0.25, 0.3) is 0 Å². The predicted molar refractivity (Wildman–Crippen MR) is 66.3 cm³/mol. The maximum Gasteiger partial charge on any atom is 0.240 e. The SMILES string of the molecule is CCN(CC(N)=O)C(=O)C1CCCCCCN1. The number of carbonyl (C=O) groups is 2. The van der Waals surface area contributed by atoms with Crippen LogP contribution in [0.15, 0.2) is 0 Å². The molecule has 1 unspecified atom stereocenters. The van der Waals surface area contributed by atoms with Crippen molar-refractivity contribution in [3.8, 4) is 0 Å². The Morgan fingerprint density at radius 3 is 2.65 bits per heavy atom. The molecule has 0 bridgehead atoms. The summed E-state index contributed by atoms with van der Waals surface area (Å²) in [5.41, 5.74) is 5.14. The molecule has 0 aromatic heterocycles. The van der Waals surface area contributed by atoms with Gasteiger partial charge in [0.05, 0.1) is 12.6 Å². The van der Waals surface area contributed by atoms with E-state index in [1.807, 2.05) is 6.92 Å². The summed E-state index contributed by atoms with van der Waals surface area (Å²) in [6.07, 6.45) is 5.46. The minimum absolute atomic E-state index is 0.00759. The number of primary amides is 1. The maximum atomic E-state index is 12.2. The molecule has 1 aliphatic heterocycles. The average molecular weight is 241 g/mol. The molecule has 0 spiro atoms. The second-order valence-electron chi connectivity index (χ2n) is 4.53. The summed E-state index contributed by atoms with van der Waals surface area (Å²) in [5.74, 6) is -0.445. The van der Waals surface area contributed by atoms with Crippen LogP contribution in [0.4, 0.5) is 0 Å². The molecule has 17 heavy (non-hydrogen) atoms. The van der Waals surface area contributed by atoms with Gasteiger partial charge in [-0.2, -0.15) is 0 Å². The molecule has 1 rings (SSSR count). The van der Waals surface area contributed by atoms with Crippen LogP contribution in [0.3, 0.4) is 0 Å². The first-order valence-corrected chi connectivity index (χ1v) is 6.45. The molecule has 1 aliphatic rings. The van der Waals surface area contributed by atoms with Gasteiger partial charge in [-0.25, -0.2) is 0 Å². The zero-order valence-electron chi connectivity index (χ0n) is 10.6. The van der Waals surface area contributed by atoms with E-state index in [1.54, 1.807) is 0 Å². The smallest absolute Gasteiger partial charge is 0.240 e. The molecule has 5 nitrogen and oxygen atoms in total. The van der Waals surface area contributed by atoms with E-state index < -0.39 is 5.91 Å². The molecule has 98 valence electrons. The molecule has 2 amide bonds. The molecule has 1 atom stereocenters. The summed E-state index contributed by atoms with van der Waals surface area (Å²) in [6.45, 7) is 3.29. The number of nitrogens with zero attached hydrogens (tertiary/aromatic N) is 1. The fourth-order valence-electron chi connectivity index (χ4n) is 2.17. The van der Waals surface area contributed by atoms with Crippen molar-refractivity contribution in [1.29, 1.82) is 0 Å². The monoisotopic (exact) mass is 241 g/mol. The lowest BCUT2D eigenvalue weighted by atomic mass is 10.0. The molecule has 0 aromatic rings. The van der Waals surface area contributed by atoms with E-state index in [9.17, 15) is 9.59 Å². The van der Waals surface area contributed by atoms with E-state index >= 15 is 0 Å². The summed E-state index contributed by atoms with van der Waals surface area (Å²) >= 11 is 0. The van der Waals surface area contributed by atoms with Crippen LogP contribution >= 0.6 is 0 Å². The van der Waals surface area contributed by atoms with Crippen LogP contribution in [0, 0.1) is 0 Å². The van der Waals surface area contributed by atoms with E-state index in [-0.39, 0.29) is 18.5 Å². The first-order chi connectivity index (χ1) is 8.15. The van der Waals surface area contributed by atoms with Crippen LogP contribution in [0.1, 0.15) is 39.0 Å². The number of nitrogens with two attached hydrogens (primary N) is 1. The van der Waals surface area contributed by atoms with Crippen LogP contribution in [-0.4, -0.2) is 42.4 Å². The Labute approximate surface area is 103 Å². The third-order valence-corrected chi connectivity index (χ3v) is 3.15. The van der Waals surface area contributed by atoms with E-state index in [2.05, 4.69) is 5.32 Å². The molecule has 0 aromatic carbocycles. The van der Waals surface area contributed by atoms with E-state index in [1.165, 1.54) is 17.7 Å². The van der Waals surface area contributed by atoms with Crippen LogP contribution in [-0.2, 0) is 9.59 Å². The molecule has 1 fully saturated rings. The molecule has 0 radical (unpaired) electrons. The van der Waals surface area contributed by atoms with Crippen molar-refractivity contribution >= 4 is 11.8 Å². The van der Waals surface area contributed by atoms with Gasteiger partial charge in [0.1, 0.15) is 0 Å². The normalized spacial score (nSPS) is 21.4. The predicted octanol–water partition coefficient (Wildman–Crippen LogP) is 0.243. The molecular weight excluding hydrogens is 218 g/mol. The Hall–Kier alpha value is -1.10. The second kappa shape index (κ2) is 7.27. The lowest BCUT2D eigenvalue weighted by Gasteiger charge is -2.27. The Morgan fingerprint density at radius 2 is 2.00 bits per heavy atom. The molecule has 1 heterocycles. The second-order valence-corrected chi connectivity index (χ2v) is 4.53. The highest BCUT2D eigenvalue weighted by Gasteiger charge is 2.24. The summed E-state index contributed by atoms with van der Waals surface area (Å²) in [6, 6.07) is -0.144. The van der Waals surface area contributed by atoms with Gasteiger partial charge in [-0.05, 0) is 26.3 Å². The fraction of sp³-hybridized carbons (Fsp3) is 0.833. The Balaban J connectivity index is 2.54. The van der Waals surface area contributed by atoms with Crippen molar-refractivity contribution in [2.24, 2.45) is 5.73 Å². The summed E-state index contributed by atoms with van der Waals surface area (Å²) in [7, 11) is 0. The number of amides is 2. The van der Waals surface area contributed by atoms with E-state index in [4.69, 9.17) is 5.73 Å². The topological polar surface area (TPSA) is 75.4 Å². The van der Waals surface area contributed by atoms with Crippen LogP contribution in [0.5, 0.6) is 0 Å². The van der Waals surface area contributed by atoms with Gasteiger partial charge in [0.15, 0.2) is 0 Å². The van der Waals surface area contributed by atoms with Crippen LogP contribution in [0.25, 0.3) is 0 Å². The van der Waals surface area contributed by atoms with Gasteiger partial charge in [0.2, 0.25) is 11.8 Å². The fourth-order valence-corrected chi connectivity index (χ4v) is 2.17. The van der Waals surface area contributed by atoms with Gasteiger partial charge >= 0.3 is 0 Å². The zero-order chi connectivity index (χ0) is 12.7. The van der Waals surface area contributed by atoms with Gasteiger partial charge in [-0.1, -0.05) is 19.3 Å². The van der Waals surface area contributed by atoms with Gasteiger partial charge in [-0.3, -0.25) is 9.59 Å². The molecule has 1 saturated heterocycles. The van der Waals surface area contributed by atoms with Crippen molar-refractivity contribution < 1.29 is 9.59 Å². The highest BCUT2D eigenvalue weighted by Crippen LogP contribution is 2.11. The number of likely N-dealkylation sites (N-methyl/N-ethyl adjacent to an activating group) is 1. The van der Waals surface area contributed by atoms with Crippen molar-refractivity contribution in [1.82, 2.24) is 10.2 Å². The van der Waals surface area contributed by atoms with Gasteiger partial charge in [-0.15, -0.1) is 0 Å². The van der Waals surface area contributed by atoms with Crippen molar-refractivity contribution in [2.45, 2.75) is 45.1 Å². The third kappa shape index (κ3) is 4.73. The highest BCUT2D eigenvalue weighted by atomic mass is 16.2.